The Labute approximate surface area is 102 Å². The van der Waals surface area contributed by atoms with Gasteiger partial charge in [-0.25, -0.2) is 4.39 Å². The van der Waals surface area contributed by atoms with Crippen LogP contribution in [0.1, 0.15) is 5.69 Å². The van der Waals surface area contributed by atoms with Crippen molar-refractivity contribution >= 4 is 11.0 Å². The molecule has 4 heteroatoms. The highest BCUT2D eigenvalue weighted by Gasteiger charge is 2.09. The molecule has 0 aliphatic rings. The lowest BCUT2D eigenvalue weighted by Crippen LogP contribution is -1.82. The van der Waals surface area contributed by atoms with Crippen LogP contribution in [0.5, 0.6) is 5.75 Å². The zero-order valence-corrected chi connectivity index (χ0v) is 9.64. The smallest absolute Gasteiger partial charge is 0.167 e. The molecule has 2 aromatic carbocycles. The van der Waals surface area contributed by atoms with Crippen molar-refractivity contribution in [2.75, 3.05) is 0 Å². The number of benzene rings is 2. The Morgan fingerprint density at radius 2 is 2.00 bits per heavy atom. The quantitative estimate of drug-likeness (QED) is 0.709. The molecular weight excluding hydrogens is 233 g/mol. The molecule has 0 atom stereocenters. The van der Waals surface area contributed by atoms with Crippen LogP contribution in [0, 0.1) is 12.7 Å². The lowest BCUT2D eigenvalue weighted by molar-refractivity contribution is 0.450. The van der Waals surface area contributed by atoms with Gasteiger partial charge in [-0.2, -0.15) is 0 Å². The van der Waals surface area contributed by atoms with E-state index in [1.807, 2.05) is 13.0 Å². The fourth-order valence-electron chi connectivity index (χ4n) is 1.97. The number of rotatable bonds is 1. The van der Waals surface area contributed by atoms with Gasteiger partial charge in [-0.3, -0.25) is 0 Å². The minimum atomic E-state index is -0.384. The summed E-state index contributed by atoms with van der Waals surface area (Å²) < 4.78 is 18.3. The average Bonchev–Trinajstić information content (AvgIpc) is 2.74. The molecule has 0 radical (unpaired) electrons. The molecule has 0 saturated carbocycles. The maximum Gasteiger partial charge on any atom is 0.167 e. The SMILES string of the molecule is Cc1noc2ccc(-c3cc(F)ccc3O)cc12. The van der Waals surface area contributed by atoms with Crippen molar-refractivity contribution in [2.24, 2.45) is 0 Å². The van der Waals surface area contributed by atoms with Crippen molar-refractivity contribution in [3.05, 3.63) is 47.9 Å². The largest absolute Gasteiger partial charge is 0.507 e. The monoisotopic (exact) mass is 243 g/mol. The van der Waals surface area contributed by atoms with E-state index in [-0.39, 0.29) is 11.6 Å². The number of phenolic OH excluding ortho intramolecular Hbond substituents is 1. The summed E-state index contributed by atoms with van der Waals surface area (Å²) in [6.45, 7) is 1.83. The topological polar surface area (TPSA) is 46.3 Å². The van der Waals surface area contributed by atoms with E-state index in [0.717, 1.165) is 16.6 Å². The van der Waals surface area contributed by atoms with E-state index in [0.29, 0.717) is 11.1 Å². The van der Waals surface area contributed by atoms with Gasteiger partial charge >= 0.3 is 0 Å². The molecule has 3 rings (SSSR count). The zero-order chi connectivity index (χ0) is 12.7. The molecule has 0 bridgehead atoms. The molecule has 0 aliphatic carbocycles. The third-order valence-corrected chi connectivity index (χ3v) is 2.92. The van der Waals surface area contributed by atoms with Gasteiger partial charge in [0.05, 0.1) is 5.69 Å². The lowest BCUT2D eigenvalue weighted by atomic mass is 10.0. The number of hydrogen-bond acceptors (Lipinski definition) is 3. The number of aromatic hydroxyl groups is 1. The van der Waals surface area contributed by atoms with Crippen LogP contribution >= 0.6 is 0 Å². The lowest BCUT2D eigenvalue weighted by Gasteiger charge is -2.04. The first-order valence-electron chi connectivity index (χ1n) is 5.50. The number of hydrogen-bond donors (Lipinski definition) is 1. The van der Waals surface area contributed by atoms with Crippen molar-refractivity contribution in [3.63, 3.8) is 0 Å². The Bertz CT molecular complexity index is 734. The molecule has 0 unspecified atom stereocenters. The molecule has 0 spiro atoms. The first kappa shape index (κ1) is 10.8. The molecular formula is C14H10FNO2. The van der Waals surface area contributed by atoms with Gasteiger partial charge < -0.3 is 9.63 Å². The van der Waals surface area contributed by atoms with Gasteiger partial charge in [0.2, 0.25) is 0 Å². The van der Waals surface area contributed by atoms with E-state index in [9.17, 15) is 9.50 Å². The summed E-state index contributed by atoms with van der Waals surface area (Å²) >= 11 is 0. The van der Waals surface area contributed by atoms with Crippen molar-refractivity contribution in [3.8, 4) is 16.9 Å². The minimum Gasteiger partial charge on any atom is -0.507 e. The Morgan fingerprint density at radius 1 is 1.17 bits per heavy atom. The molecule has 0 aliphatic heterocycles. The van der Waals surface area contributed by atoms with E-state index in [4.69, 9.17) is 4.52 Å². The highest BCUT2D eigenvalue weighted by molar-refractivity contribution is 5.86. The summed E-state index contributed by atoms with van der Waals surface area (Å²) in [5.41, 5.74) is 2.62. The van der Waals surface area contributed by atoms with Gasteiger partial charge in [-0.05, 0) is 42.8 Å². The molecule has 90 valence electrons. The normalized spacial score (nSPS) is 11.0. The third-order valence-electron chi connectivity index (χ3n) is 2.92. The second-order valence-electron chi connectivity index (χ2n) is 4.14. The fraction of sp³-hybridized carbons (Fsp3) is 0.0714. The second kappa shape index (κ2) is 3.84. The van der Waals surface area contributed by atoms with Crippen molar-refractivity contribution in [1.82, 2.24) is 5.16 Å². The number of phenols is 1. The average molecular weight is 243 g/mol. The number of aryl methyl sites for hydroxylation is 1. The standard InChI is InChI=1S/C14H10FNO2/c1-8-11-6-9(2-5-14(11)18-16-8)12-7-10(15)3-4-13(12)17/h2-7,17H,1H3. The van der Waals surface area contributed by atoms with Crippen LogP contribution in [0.3, 0.4) is 0 Å². The first-order valence-corrected chi connectivity index (χ1v) is 5.50. The number of fused-ring (bicyclic) bond motifs is 1. The van der Waals surface area contributed by atoms with Gasteiger partial charge in [-0.15, -0.1) is 0 Å². The maximum absolute atomic E-state index is 13.2. The van der Waals surface area contributed by atoms with Crippen molar-refractivity contribution in [2.45, 2.75) is 6.92 Å². The molecule has 1 aromatic heterocycles. The second-order valence-corrected chi connectivity index (χ2v) is 4.14. The summed E-state index contributed by atoms with van der Waals surface area (Å²) in [6, 6.07) is 9.23. The van der Waals surface area contributed by atoms with Crippen molar-refractivity contribution in [1.29, 1.82) is 0 Å². The summed E-state index contributed by atoms with van der Waals surface area (Å²) in [6.07, 6.45) is 0. The number of halogens is 1. The fourth-order valence-corrected chi connectivity index (χ4v) is 1.97. The zero-order valence-electron chi connectivity index (χ0n) is 9.64. The van der Waals surface area contributed by atoms with Crippen molar-refractivity contribution < 1.29 is 14.0 Å². The molecule has 1 heterocycles. The van der Waals surface area contributed by atoms with Crippen LogP contribution in [0.25, 0.3) is 22.1 Å². The molecule has 18 heavy (non-hydrogen) atoms. The Kier molecular flexibility index (Phi) is 2.30. The Balaban J connectivity index is 2.24. The summed E-state index contributed by atoms with van der Waals surface area (Å²) in [5.74, 6) is -0.338. The molecule has 0 saturated heterocycles. The highest BCUT2D eigenvalue weighted by Crippen LogP contribution is 2.32. The van der Waals surface area contributed by atoms with E-state index in [1.54, 1.807) is 12.1 Å². The van der Waals surface area contributed by atoms with Crippen LogP contribution in [0.4, 0.5) is 4.39 Å². The molecule has 3 aromatic rings. The van der Waals surface area contributed by atoms with Gasteiger partial charge in [0, 0.05) is 10.9 Å². The van der Waals surface area contributed by atoms with E-state index in [2.05, 4.69) is 5.16 Å². The molecule has 0 amide bonds. The minimum absolute atomic E-state index is 0.0462. The molecule has 1 N–H and O–H groups in total. The van der Waals surface area contributed by atoms with E-state index < -0.39 is 0 Å². The van der Waals surface area contributed by atoms with Gasteiger partial charge in [-0.1, -0.05) is 11.2 Å². The van der Waals surface area contributed by atoms with Crippen LogP contribution < -0.4 is 0 Å². The van der Waals surface area contributed by atoms with Crippen LogP contribution in [0.15, 0.2) is 40.9 Å². The first-order chi connectivity index (χ1) is 8.65. The molecule has 3 nitrogen and oxygen atoms in total. The van der Waals surface area contributed by atoms with Gasteiger partial charge in [0.1, 0.15) is 11.6 Å². The number of aromatic nitrogens is 1. The third kappa shape index (κ3) is 1.62. The predicted molar refractivity (Wildman–Crippen MR) is 65.8 cm³/mol. The molecule has 0 fully saturated rings. The predicted octanol–water partition coefficient (Wildman–Crippen LogP) is 3.65. The maximum atomic E-state index is 13.2. The van der Waals surface area contributed by atoms with Crippen LogP contribution in [-0.2, 0) is 0 Å². The van der Waals surface area contributed by atoms with E-state index >= 15 is 0 Å². The number of nitrogens with zero attached hydrogens (tertiary/aromatic N) is 1. The van der Waals surface area contributed by atoms with Crippen LogP contribution in [-0.4, -0.2) is 10.3 Å². The van der Waals surface area contributed by atoms with E-state index in [1.165, 1.54) is 18.2 Å². The van der Waals surface area contributed by atoms with Gasteiger partial charge in [0.15, 0.2) is 5.58 Å². The Morgan fingerprint density at radius 3 is 2.83 bits per heavy atom. The highest BCUT2D eigenvalue weighted by atomic mass is 19.1. The van der Waals surface area contributed by atoms with Gasteiger partial charge in [0.25, 0.3) is 0 Å². The summed E-state index contributed by atoms with van der Waals surface area (Å²) in [4.78, 5) is 0. The van der Waals surface area contributed by atoms with Crippen LogP contribution in [0.2, 0.25) is 0 Å². The Hall–Kier alpha value is -2.36. The summed E-state index contributed by atoms with van der Waals surface area (Å²) in [7, 11) is 0. The summed E-state index contributed by atoms with van der Waals surface area (Å²) in [5, 5.41) is 14.5.